The Labute approximate surface area is 378 Å². The van der Waals surface area contributed by atoms with Crippen LogP contribution in [-0.4, -0.2) is 4.57 Å². The summed E-state index contributed by atoms with van der Waals surface area (Å²) in [5.41, 5.74) is 14.8. The fraction of sp³-hybridized carbons (Fsp3) is 0. The molecule has 0 saturated carbocycles. The van der Waals surface area contributed by atoms with Crippen LogP contribution < -0.4 is 9.80 Å². The molecule has 0 aliphatic rings. The average Bonchev–Trinajstić information content (AvgIpc) is 3.72. The van der Waals surface area contributed by atoms with Crippen molar-refractivity contribution >= 4 is 77.5 Å². The molecule has 3 heteroatoms. The van der Waals surface area contributed by atoms with Gasteiger partial charge in [0.1, 0.15) is 0 Å². The molecule has 0 bridgehead atoms. The predicted octanol–water partition coefficient (Wildman–Crippen LogP) is 17.4. The maximum Gasteiger partial charge on any atom is 0.0546 e. The van der Waals surface area contributed by atoms with Crippen LogP contribution in [0.3, 0.4) is 0 Å². The molecule has 0 saturated heterocycles. The Morgan fingerprint density at radius 2 is 0.785 bits per heavy atom. The van der Waals surface area contributed by atoms with E-state index in [0.717, 1.165) is 50.8 Å². The molecule has 0 spiro atoms. The normalized spacial score (nSPS) is 11.4. The largest absolute Gasteiger partial charge is 0.310 e. The summed E-state index contributed by atoms with van der Waals surface area (Å²) in [5, 5.41) is 7.17. The van der Waals surface area contributed by atoms with Crippen LogP contribution in [0.5, 0.6) is 0 Å². The highest BCUT2D eigenvalue weighted by Gasteiger charge is 2.23. The van der Waals surface area contributed by atoms with Crippen LogP contribution in [0.4, 0.5) is 34.1 Å². The van der Waals surface area contributed by atoms with Crippen LogP contribution in [-0.2, 0) is 0 Å². The molecule has 12 rings (SSSR count). The van der Waals surface area contributed by atoms with Crippen molar-refractivity contribution in [1.82, 2.24) is 4.57 Å². The summed E-state index contributed by atoms with van der Waals surface area (Å²) in [6, 6.07) is 94.5. The van der Waals surface area contributed by atoms with Crippen LogP contribution in [0.25, 0.3) is 71.3 Å². The lowest BCUT2D eigenvalue weighted by Crippen LogP contribution is -2.12. The SMILES string of the molecule is c1ccc(-c2ccc(N(c3ccccc3-c3ccccc3)c3cc4ccccc4c4cc(N(c5ccccc5)c5ccc6c(c5)c5ccccc5n6-c5ccccc5)ccc34)cc2)cc1. The van der Waals surface area contributed by atoms with Gasteiger partial charge < -0.3 is 14.4 Å². The van der Waals surface area contributed by atoms with E-state index in [9.17, 15) is 0 Å². The lowest BCUT2D eigenvalue weighted by molar-refractivity contribution is 1.18. The number of nitrogens with zero attached hydrogens (tertiary/aromatic N) is 3. The van der Waals surface area contributed by atoms with Gasteiger partial charge in [0.15, 0.2) is 0 Å². The fourth-order valence-corrected chi connectivity index (χ4v) is 9.75. The van der Waals surface area contributed by atoms with Crippen molar-refractivity contribution in [2.45, 2.75) is 0 Å². The molecule has 65 heavy (non-hydrogen) atoms. The fourth-order valence-electron chi connectivity index (χ4n) is 9.75. The molecule has 0 fully saturated rings. The topological polar surface area (TPSA) is 11.4 Å². The van der Waals surface area contributed by atoms with E-state index in [-0.39, 0.29) is 0 Å². The van der Waals surface area contributed by atoms with Crippen LogP contribution >= 0.6 is 0 Å². The predicted molar refractivity (Wildman–Crippen MR) is 276 cm³/mol. The smallest absolute Gasteiger partial charge is 0.0546 e. The molecule has 12 aromatic rings. The van der Waals surface area contributed by atoms with E-state index in [1.54, 1.807) is 0 Å². The lowest BCUT2D eigenvalue weighted by Gasteiger charge is -2.30. The van der Waals surface area contributed by atoms with Gasteiger partial charge in [0.25, 0.3) is 0 Å². The number of para-hydroxylation sites is 4. The Hall–Kier alpha value is -8.66. The van der Waals surface area contributed by atoms with Crippen molar-refractivity contribution < 1.29 is 0 Å². The molecule has 0 aliphatic heterocycles. The highest BCUT2D eigenvalue weighted by Crippen LogP contribution is 2.48. The number of hydrogen-bond donors (Lipinski definition) is 0. The Morgan fingerprint density at radius 3 is 1.54 bits per heavy atom. The molecule has 306 valence electrons. The molecule has 1 heterocycles. The first-order valence-corrected chi connectivity index (χ1v) is 22.3. The monoisotopic (exact) mass is 829 g/mol. The minimum absolute atomic E-state index is 1.08. The lowest BCUT2D eigenvalue weighted by atomic mass is 9.96. The number of rotatable bonds is 9. The molecule has 1 aromatic heterocycles. The van der Waals surface area contributed by atoms with E-state index in [1.807, 2.05) is 0 Å². The summed E-state index contributed by atoms with van der Waals surface area (Å²) >= 11 is 0. The molecule has 0 aliphatic carbocycles. The Morgan fingerprint density at radius 1 is 0.262 bits per heavy atom. The summed E-state index contributed by atoms with van der Waals surface area (Å²) in [7, 11) is 0. The van der Waals surface area contributed by atoms with E-state index < -0.39 is 0 Å². The molecular formula is C62H43N3. The van der Waals surface area contributed by atoms with Gasteiger partial charge in [-0.1, -0.05) is 176 Å². The summed E-state index contributed by atoms with van der Waals surface area (Å²) in [6.07, 6.45) is 0. The molecule has 0 atom stereocenters. The Kier molecular flexibility index (Phi) is 9.50. The third-order valence-corrected chi connectivity index (χ3v) is 12.7. The standard InChI is InChI=1S/C62H43N3/c1-5-19-44(20-6-1)45-33-35-50(36-34-45)65(59-31-17-15-29-54(59)46-21-7-2-8-22-46)62-41-47-23-13-14-28-53(47)57-42-51(37-39-56(57)62)63(48-24-9-3-10-25-48)52-38-40-61-58(43-52)55-30-16-18-32-60(55)64(61)49-26-11-4-12-27-49/h1-43H. The maximum absolute atomic E-state index is 2.46. The van der Waals surface area contributed by atoms with Crippen molar-refractivity contribution in [3.63, 3.8) is 0 Å². The van der Waals surface area contributed by atoms with Gasteiger partial charge in [-0.05, 0) is 118 Å². The molecule has 3 nitrogen and oxygen atoms in total. The summed E-state index contributed by atoms with van der Waals surface area (Å²) < 4.78 is 2.38. The number of aromatic nitrogens is 1. The highest BCUT2D eigenvalue weighted by atomic mass is 15.2. The molecule has 0 amide bonds. The van der Waals surface area contributed by atoms with Gasteiger partial charge >= 0.3 is 0 Å². The van der Waals surface area contributed by atoms with E-state index in [1.165, 1.54) is 54.7 Å². The highest BCUT2D eigenvalue weighted by molar-refractivity contribution is 6.16. The summed E-state index contributed by atoms with van der Waals surface area (Å²) in [6.45, 7) is 0. The van der Waals surface area contributed by atoms with Gasteiger partial charge in [0.2, 0.25) is 0 Å². The van der Waals surface area contributed by atoms with E-state index in [0.29, 0.717) is 0 Å². The second-order valence-electron chi connectivity index (χ2n) is 16.5. The van der Waals surface area contributed by atoms with E-state index in [4.69, 9.17) is 0 Å². The minimum Gasteiger partial charge on any atom is -0.310 e. The van der Waals surface area contributed by atoms with Crippen molar-refractivity contribution in [3.8, 4) is 27.9 Å². The zero-order chi connectivity index (χ0) is 43.1. The zero-order valence-corrected chi connectivity index (χ0v) is 35.7. The van der Waals surface area contributed by atoms with Crippen LogP contribution in [0.2, 0.25) is 0 Å². The summed E-state index contributed by atoms with van der Waals surface area (Å²) in [5.74, 6) is 0. The van der Waals surface area contributed by atoms with Crippen LogP contribution in [0, 0.1) is 0 Å². The number of anilines is 6. The zero-order valence-electron chi connectivity index (χ0n) is 35.7. The minimum atomic E-state index is 1.08. The van der Waals surface area contributed by atoms with Crippen molar-refractivity contribution in [2.24, 2.45) is 0 Å². The first kappa shape index (κ1) is 38.0. The Balaban J connectivity index is 1.08. The van der Waals surface area contributed by atoms with Gasteiger partial charge in [-0.3, -0.25) is 0 Å². The van der Waals surface area contributed by atoms with Gasteiger partial charge in [0, 0.05) is 50.2 Å². The van der Waals surface area contributed by atoms with E-state index >= 15 is 0 Å². The average molecular weight is 830 g/mol. The van der Waals surface area contributed by atoms with Gasteiger partial charge in [-0.25, -0.2) is 0 Å². The van der Waals surface area contributed by atoms with Gasteiger partial charge in [0.05, 0.1) is 22.4 Å². The first-order valence-electron chi connectivity index (χ1n) is 22.3. The number of hydrogen-bond acceptors (Lipinski definition) is 2. The molecular weight excluding hydrogens is 787 g/mol. The summed E-state index contributed by atoms with van der Waals surface area (Å²) in [4.78, 5) is 4.86. The van der Waals surface area contributed by atoms with Crippen molar-refractivity contribution in [1.29, 1.82) is 0 Å². The molecule has 0 unspecified atom stereocenters. The van der Waals surface area contributed by atoms with Crippen LogP contribution in [0.1, 0.15) is 0 Å². The van der Waals surface area contributed by atoms with Crippen molar-refractivity contribution in [2.75, 3.05) is 9.80 Å². The molecule has 11 aromatic carbocycles. The first-order chi connectivity index (χ1) is 32.3. The van der Waals surface area contributed by atoms with E-state index in [2.05, 4.69) is 275 Å². The second kappa shape index (κ2) is 16.2. The van der Waals surface area contributed by atoms with Crippen molar-refractivity contribution in [3.05, 3.63) is 261 Å². The third kappa shape index (κ3) is 6.78. The number of fused-ring (bicyclic) bond motifs is 6. The quantitative estimate of drug-likeness (QED) is 0.134. The van der Waals surface area contributed by atoms with Gasteiger partial charge in [-0.2, -0.15) is 0 Å². The molecule has 0 N–H and O–H groups in total. The number of benzene rings is 11. The Bertz CT molecular complexity index is 3640. The van der Waals surface area contributed by atoms with Gasteiger partial charge in [-0.15, -0.1) is 0 Å². The van der Waals surface area contributed by atoms with Crippen LogP contribution in [0.15, 0.2) is 261 Å². The third-order valence-electron chi connectivity index (χ3n) is 12.7. The molecule has 0 radical (unpaired) electrons. The maximum atomic E-state index is 2.46. The second-order valence-corrected chi connectivity index (χ2v) is 16.5.